The van der Waals surface area contributed by atoms with E-state index in [0.717, 1.165) is 113 Å². The Hall–Kier alpha value is -13.7. The highest BCUT2D eigenvalue weighted by molar-refractivity contribution is 7.79. The first-order valence-electron chi connectivity index (χ1n) is 37.3. The topological polar surface area (TPSA) is 527 Å². The lowest BCUT2D eigenvalue weighted by Crippen LogP contribution is -2.11. The van der Waals surface area contributed by atoms with Crippen LogP contribution in [-0.2, 0) is 77.8 Å². The summed E-state index contributed by atoms with van der Waals surface area (Å²) >= 11 is 0. The third-order valence-corrected chi connectivity index (χ3v) is 16.7. The largest absolute Gasteiger partial charge is 0.507 e. The highest BCUT2D eigenvalue weighted by Crippen LogP contribution is 2.32. The van der Waals surface area contributed by atoms with Crippen LogP contribution in [0.1, 0.15) is 161 Å². The van der Waals surface area contributed by atoms with Gasteiger partial charge in [-0.3, -0.25) is 78.9 Å². The number of rotatable bonds is 23. The van der Waals surface area contributed by atoms with E-state index in [0.29, 0.717) is 58.1 Å². The van der Waals surface area contributed by atoms with Gasteiger partial charge in [-0.05, 0) is 159 Å². The van der Waals surface area contributed by atoms with Crippen molar-refractivity contribution in [3.63, 3.8) is 0 Å². The number of hydrogen-bond donors (Lipinski definition) is 8. The normalized spacial score (nSPS) is 9.80. The van der Waals surface area contributed by atoms with E-state index in [1.54, 1.807) is 77.8 Å². The number of nitrogens with two attached hydrogens (primary N) is 3. The molecule has 9 rings (SSSR count). The summed E-state index contributed by atoms with van der Waals surface area (Å²) in [6.07, 6.45) is 7.38. The monoisotopic (exact) mass is 1690 g/mol. The van der Waals surface area contributed by atoms with Gasteiger partial charge < -0.3 is 56.6 Å². The van der Waals surface area contributed by atoms with Crippen LogP contribution in [0, 0.1) is 50.6 Å². The SMILES string of the molecule is CCc1cc(C(C)=O)c(N)cc1OC.CCc1cc(C(C)=O)c(NC(C)=O)cc1OC.CCc1ccc(N)cc1OC.CCc1ccc(NC(C)=O)cc1OC.CCc1ccc([N+](=O)[O-])cc1N.CCc1ccc([N+](=O)[O-])cc1O.CCc1ccc([N+](=O)[O-])cc1OC.CCc1ccc([N+](=O)[O-])cc1[N+](=O)[O-].CCc1ccccc1.O=S(=O)(O)O. The molecule has 0 saturated carbocycles. The number of Topliss-reactive ketones (excluding diaryl/α,β-unsaturated/α-hetero) is 2. The number of hydrogen-bond acceptors (Lipinski definition) is 25. The van der Waals surface area contributed by atoms with E-state index in [2.05, 4.69) is 55.7 Å². The van der Waals surface area contributed by atoms with E-state index < -0.39 is 35.0 Å². The molecule has 650 valence electrons. The van der Waals surface area contributed by atoms with E-state index in [9.17, 15) is 74.9 Å². The van der Waals surface area contributed by atoms with Gasteiger partial charge in [0.1, 0.15) is 34.5 Å². The molecule has 34 nitrogen and oxygen atoms in total. The van der Waals surface area contributed by atoms with E-state index in [1.165, 1.54) is 94.5 Å². The maximum absolute atomic E-state index is 11.5. The zero-order valence-electron chi connectivity index (χ0n) is 70.7. The van der Waals surface area contributed by atoms with E-state index in [-0.39, 0.29) is 57.6 Å². The summed E-state index contributed by atoms with van der Waals surface area (Å²) in [5, 5.41) is 66.5. The molecule has 120 heavy (non-hydrogen) atoms. The molecule has 0 aromatic heterocycles. The lowest BCUT2D eigenvalue weighted by atomic mass is 10.0. The number of nitro benzene ring substituents is 5. The molecule has 0 aliphatic rings. The molecule has 0 bridgehead atoms. The van der Waals surface area contributed by atoms with Crippen LogP contribution in [0.15, 0.2) is 164 Å². The Bertz CT molecular complexity index is 4920. The molecule has 2 amide bonds. The first-order chi connectivity index (χ1) is 56.5. The fourth-order valence-corrected chi connectivity index (χ4v) is 10.4. The Labute approximate surface area is 698 Å². The Morgan fingerprint density at radius 3 is 1.09 bits per heavy atom. The number of nitrogen functional groups attached to an aromatic ring is 3. The number of aromatic hydroxyl groups is 1. The van der Waals surface area contributed by atoms with E-state index in [4.69, 9.17) is 58.4 Å². The predicted molar refractivity (Wildman–Crippen MR) is 466 cm³/mol. The van der Waals surface area contributed by atoms with Crippen LogP contribution in [-0.4, -0.2) is 106 Å². The number of methoxy groups -OCH3 is 5. The van der Waals surface area contributed by atoms with Crippen molar-refractivity contribution in [1.82, 2.24) is 0 Å². The highest BCUT2D eigenvalue weighted by atomic mass is 32.3. The predicted octanol–water partition coefficient (Wildman–Crippen LogP) is 17.9. The Balaban J connectivity index is 0.00000132. The molecular formula is C85H110N10O24S. The van der Waals surface area contributed by atoms with Crippen LogP contribution in [0.3, 0.4) is 0 Å². The molecule has 0 atom stereocenters. The smallest absolute Gasteiger partial charge is 0.394 e. The van der Waals surface area contributed by atoms with Crippen molar-refractivity contribution >= 4 is 90.7 Å². The molecule has 11 N–H and O–H groups in total. The first kappa shape index (κ1) is 106. The number of phenols is 1. The summed E-state index contributed by atoms with van der Waals surface area (Å²) in [5.74, 6) is 3.33. The zero-order valence-corrected chi connectivity index (χ0v) is 71.6. The summed E-state index contributed by atoms with van der Waals surface area (Å²) in [6.45, 7) is 23.8. The molecule has 0 spiro atoms. The second-order valence-electron chi connectivity index (χ2n) is 24.9. The number of nitrogens with one attached hydrogen (secondary N) is 2. The van der Waals surface area contributed by atoms with Crippen molar-refractivity contribution in [2.75, 3.05) is 63.4 Å². The summed E-state index contributed by atoms with van der Waals surface area (Å²) in [5.41, 5.74) is 29.4. The average molecular weight is 1690 g/mol. The number of carbonyl (C=O) groups is 4. The second-order valence-corrected chi connectivity index (χ2v) is 25.8. The van der Waals surface area contributed by atoms with Crippen molar-refractivity contribution < 1.29 is 90.1 Å². The third-order valence-electron chi connectivity index (χ3n) is 16.7. The molecule has 35 heteroatoms. The van der Waals surface area contributed by atoms with Gasteiger partial charge in [0, 0.05) is 108 Å². The number of benzene rings is 9. The summed E-state index contributed by atoms with van der Waals surface area (Å²) in [4.78, 5) is 93.8. The lowest BCUT2D eigenvalue weighted by Gasteiger charge is -2.13. The van der Waals surface area contributed by atoms with Crippen molar-refractivity contribution in [1.29, 1.82) is 0 Å². The molecule has 0 heterocycles. The van der Waals surface area contributed by atoms with Crippen LogP contribution < -0.4 is 51.5 Å². The van der Waals surface area contributed by atoms with Crippen molar-refractivity contribution in [3.8, 4) is 34.5 Å². The maximum atomic E-state index is 11.5. The number of phenolic OH excluding ortho intramolecular Hbond substituents is 1. The number of ether oxygens (including phenoxy) is 5. The average Bonchev–Trinajstić information content (AvgIpc) is 0.815. The number of aryl methyl sites for hydroxylation is 9. The van der Waals surface area contributed by atoms with Gasteiger partial charge in [0.25, 0.3) is 28.4 Å². The quantitative estimate of drug-likeness (QED) is 0.00969. The van der Waals surface area contributed by atoms with Crippen LogP contribution in [0.25, 0.3) is 0 Å². The molecule has 0 radical (unpaired) electrons. The van der Waals surface area contributed by atoms with Gasteiger partial charge in [-0.25, -0.2) is 0 Å². The lowest BCUT2D eigenvalue weighted by molar-refractivity contribution is -0.394. The van der Waals surface area contributed by atoms with Gasteiger partial charge in [0.2, 0.25) is 11.8 Å². The standard InChI is InChI=1S/C13H17NO3.2C11H15NO2.C9H11NO3.C9H13NO.C8H8N2O4.C8H10N2O2.C8H9NO3.C8H10.H2O4S/c1-5-10-6-11(8(2)15)12(14-9(3)16)7-13(10)17-4;1-4-8-5-9(7(2)13)10(12)6-11(8)14-3;1-4-9-5-6-10(12-8(2)13)7-11(9)14-3;1-3-7-4-5-8(10(11)12)6-9(7)13-2;1-3-7-4-5-8(10)6-9(7)11-2;1-2-6-3-4-7(9(11)12)5-8(6)10(13)14;1-2-6-3-4-7(10(11)12)5-8(6)9;1-2-6-3-4-7(9(11)12)5-8(6)10;1-2-8-6-4-3-5-7-8;1-5(2,3)4/h6-7H,5H2,1-4H3,(H,14,16);5-6H,4,12H2,1-3H3;5-7H,4H2,1-3H3,(H,12,13);4-6H,3H2,1-2H3;4-6H,3,10H2,1-2H3;3-5H,2H2,1H3;3-5H,2,9H2,1H3;3-5,10H,2H2,1H3;3-7H,2H2,1H3;(H2,1,2,3,4). The van der Waals surface area contributed by atoms with E-state index in [1.807, 2.05) is 77.1 Å². The fraction of sp³-hybridized carbons (Fsp3) is 0.318. The van der Waals surface area contributed by atoms with Gasteiger partial charge in [0.05, 0.1) is 84.1 Å². The van der Waals surface area contributed by atoms with Crippen LogP contribution >= 0.6 is 0 Å². The van der Waals surface area contributed by atoms with Crippen molar-refractivity contribution in [2.24, 2.45) is 0 Å². The number of carbonyl (C=O) groups excluding carboxylic acids is 4. The van der Waals surface area contributed by atoms with Gasteiger partial charge in [-0.15, -0.1) is 0 Å². The molecule has 9 aromatic rings. The van der Waals surface area contributed by atoms with Crippen LogP contribution in [0.2, 0.25) is 0 Å². The number of amides is 2. The molecule has 0 aliphatic carbocycles. The fourth-order valence-electron chi connectivity index (χ4n) is 10.4. The van der Waals surface area contributed by atoms with Gasteiger partial charge in [-0.1, -0.05) is 111 Å². The Kier molecular flexibility index (Phi) is 49.5. The number of non-ortho nitro benzene ring substituents is 4. The second kappa shape index (κ2) is 55.8. The minimum atomic E-state index is -4.67. The molecular weight excluding hydrogens is 1580 g/mol. The van der Waals surface area contributed by atoms with Crippen LogP contribution in [0.4, 0.5) is 56.9 Å². The summed E-state index contributed by atoms with van der Waals surface area (Å²) < 4.78 is 57.3. The molecule has 0 saturated heterocycles. The minimum absolute atomic E-state index is 0.00769. The number of ketones is 2. The van der Waals surface area contributed by atoms with E-state index >= 15 is 0 Å². The summed E-state index contributed by atoms with van der Waals surface area (Å²) in [7, 11) is 3.30. The Morgan fingerprint density at radius 1 is 0.367 bits per heavy atom. The maximum Gasteiger partial charge on any atom is 0.394 e. The van der Waals surface area contributed by atoms with Gasteiger partial charge in [-0.2, -0.15) is 8.42 Å². The van der Waals surface area contributed by atoms with Gasteiger partial charge in [0.15, 0.2) is 11.6 Å². The molecule has 0 fully saturated rings. The summed E-state index contributed by atoms with van der Waals surface area (Å²) in [6, 6.07) is 45.8. The number of nitrogens with zero attached hydrogens (tertiary/aromatic N) is 5. The Morgan fingerprint density at radius 2 is 0.717 bits per heavy atom. The molecule has 0 aliphatic heterocycles. The number of nitro groups is 5. The first-order valence-corrected chi connectivity index (χ1v) is 38.7. The minimum Gasteiger partial charge on any atom is -0.507 e. The zero-order chi connectivity index (χ0) is 91.7. The number of anilines is 5. The molecule has 9 aromatic carbocycles. The molecule has 0 unspecified atom stereocenters. The van der Waals surface area contributed by atoms with Crippen molar-refractivity contribution in [3.05, 3.63) is 276 Å². The highest BCUT2D eigenvalue weighted by Gasteiger charge is 2.19. The third kappa shape index (κ3) is 39.3. The van der Waals surface area contributed by atoms with Gasteiger partial charge >= 0.3 is 10.4 Å². The van der Waals surface area contributed by atoms with Crippen LogP contribution in [0.5, 0.6) is 34.5 Å². The van der Waals surface area contributed by atoms with Crippen molar-refractivity contribution in [2.45, 2.75) is 148 Å².